The van der Waals surface area contributed by atoms with Crippen LogP contribution in [0, 0.1) is 0 Å². The van der Waals surface area contributed by atoms with Gasteiger partial charge < -0.3 is 14.8 Å². The molecule has 4 heteroatoms. The SMILES string of the molecule is CCc1occc1C(=O)NCCCO. The van der Waals surface area contributed by atoms with Crippen molar-refractivity contribution in [2.45, 2.75) is 19.8 Å². The lowest BCUT2D eigenvalue weighted by atomic mass is 10.2. The maximum atomic E-state index is 11.5. The Hall–Kier alpha value is -1.29. The van der Waals surface area contributed by atoms with Gasteiger partial charge in [0.15, 0.2) is 0 Å². The second-order valence-electron chi connectivity index (χ2n) is 2.94. The first-order valence-electron chi connectivity index (χ1n) is 4.75. The fourth-order valence-corrected chi connectivity index (χ4v) is 1.19. The van der Waals surface area contributed by atoms with E-state index in [2.05, 4.69) is 5.32 Å². The molecule has 1 aromatic heterocycles. The highest BCUT2D eigenvalue weighted by Crippen LogP contribution is 2.10. The summed E-state index contributed by atoms with van der Waals surface area (Å²) in [5, 5.41) is 11.2. The monoisotopic (exact) mass is 197 g/mol. The second-order valence-corrected chi connectivity index (χ2v) is 2.94. The molecule has 1 amide bonds. The quantitative estimate of drug-likeness (QED) is 0.691. The molecule has 1 aromatic rings. The second kappa shape index (κ2) is 5.44. The number of amides is 1. The van der Waals surface area contributed by atoms with Crippen LogP contribution in [0.3, 0.4) is 0 Å². The molecule has 1 rings (SSSR count). The highest BCUT2D eigenvalue weighted by Gasteiger charge is 2.11. The van der Waals surface area contributed by atoms with Gasteiger partial charge in [0.1, 0.15) is 5.76 Å². The largest absolute Gasteiger partial charge is 0.469 e. The van der Waals surface area contributed by atoms with Gasteiger partial charge in [0.05, 0.1) is 11.8 Å². The fourth-order valence-electron chi connectivity index (χ4n) is 1.19. The molecule has 1 heterocycles. The molecule has 0 aliphatic rings. The van der Waals surface area contributed by atoms with Crippen LogP contribution in [-0.4, -0.2) is 24.2 Å². The molecule has 4 nitrogen and oxygen atoms in total. The molecule has 0 aliphatic carbocycles. The van der Waals surface area contributed by atoms with E-state index in [-0.39, 0.29) is 12.5 Å². The lowest BCUT2D eigenvalue weighted by molar-refractivity contribution is 0.0949. The topological polar surface area (TPSA) is 62.5 Å². The van der Waals surface area contributed by atoms with Crippen LogP contribution in [0.5, 0.6) is 0 Å². The summed E-state index contributed by atoms with van der Waals surface area (Å²) in [4.78, 5) is 11.5. The van der Waals surface area contributed by atoms with Gasteiger partial charge in [-0.1, -0.05) is 6.92 Å². The van der Waals surface area contributed by atoms with E-state index in [4.69, 9.17) is 9.52 Å². The molecule has 0 bridgehead atoms. The Morgan fingerprint density at radius 2 is 2.43 bits per heavy atom. The third-order valence-corrected chi connectivity index (χ3v) is 1.93. The Morgan fingerprint density at radius 1 is 1.64 bits per heavy atom. The number of carbonyl (C=O) groups excluding carboxylic acids is 1. The first kappa shape index (κ1) is 10.8. The number of rotatable bonds is 5. The van der Waals surface area contributed by atoms with E-state index in [1.165, 1.54) is 6.26 Å². The van der Waals surface area contributed by atoms with Crippen LogP contribution in [0.2, 0.25) is 0 Å². The summed E-state index contributed by atoms with van der Waals surface area (Å²) in [6.07, 6.45) is 2.79. The third kappa shape index (κ3) is 2.60. The van der Waals surface area contributed by atoms with E-state index in [0.29, 0.717) is 30.7 Å². The van der Waals surface area contributed by atoms with Gasteiger partial charge in [-0.15, -0.1) is 0 Å². The standard InChI is InChI=1S/C10H15NO3/c1-2-9-8(4-7-14-9)10(13)11-5-3-6-12/h4,7,12H,2-3,5-6H2,1H3,(H,11,13). The lowest BCUT2D eigenvalue weighted by Gasteiger charge is -2.02. The van der Waals surface area contributed by atoms with Crippen LogP contribution in [-0.2, 0) is 6.42 Å². The minimum absolute atomic E-state index is 0.0896. The number of aryl methyl sites for hydroxylation is 1. The van der Waals surface area contributed by atoms with E-state index in [0.717, 1.165) is 0 Å². The molecule has 0 radical (unpaired) electrons. The van der Waals surface area contributed by atoms with E-state index >= 15 is 0 Å². The van der Waals surface area contributed by atoms with Crippen molar-refractivity contribution in [2.75, 3.05) is 13.2 Å². The first-order chi connectivity index (χ1) is 6.79. The molecule has 0 saturated heterocycles. The van der Waals surface area contributed by atoms with Crippen LogP contribution in [0.4, 0.5) is 0 Å². The predicted octanol–water partition coefficient (Wildman–Crippen LogP) is 0.954. The van der Waals surface area contributed by atoms with Crippen LogP contribution in [0.1, 0.15) is 29.5 Å². The summed E-state index contributed by atoms with van der Waals surface area (Å²) in [6, 6.07) is 1.66. The van der Waals surface area contributed by atoms with Crippen LogP contribution < -0.4 is 5.32 Å². The summed E-state index contributed by atoms with van der Waals surface area (Å²) in [5.74, 6) is 0.565. The highest BCUT2D eigenvalue weighted by molar-refractivity contribution is 5.95. The van der Waals surface area contributed by atoms with Gasteiger partial charge in [0.25, 0.3) is 5.91 Å². The maximum absolute atomic E-state index is 11.5. The number of aliphatic hydroxyl groups excluding tert-OH is 1. The minimum Gasteiger partial charge on any atom is -0.469 e. The Bertz CT molecular complexity index is 293. The third-order valence-electron chi connectivity index (χ3n) is 1.93. The summed E-state index contributed by atoms with van der Waals surface area (Å²) in [6.45, 7) is 2.51. The van der Waals surface area contributed by atoms with Gasteiger partial charge in [0, 0.05) is 19.6 Å². The Kier molecular flexibility index (Phi) is 4.19. The molecule has 0 atom stereocenters. The summed E-state index contributed by atoms with van der Waals surface area (Å²) in [5.41, 5.74) is 0.588. The van der Waals surface area contributed by atoms with E-state index < -0.39 is 0 Å². The van der Waals surface area contributed by atoms with Gasteiger partial charge in [-0.05, 0) is 12.5 Å². The number of nitrogens with one attached hydrogen (secondary N) is 1. The van der Waals surface area contributed by atoms with Crippen molar-refractivity contribution in [1.82, 2.24) is 5.32 Å². The fraction of sp³-hybridized carbons (Fsp3) is 0.500. The maximum Gasteiger partial charge on any atom is 0.254 e. The van der Waals surface area contributed by atoms with Gasteiger partial charge in [-0.3, -0.25) is 4.79 Å². The zero-order valence-electron chi connectivity index (χ0n) is 8.25. The Morgan fingerprint density at radius 3 is 3.07 bits per heavy atom. The lowest BCUT2D eigenvalue weighted by Crippen LogP contribution is -2.25. The Balaban J connectivity index is 2.51. The van der Waals surface area contributed by atoms with Crippen molar-refractivity contribution >= 4 is 5.91 Å². The van der Waals surface area contributed by atoms with E-state index in [1.54, 1.807) is 6.07 Å². The van der Waals surface area contributed by atoms with E-state index in [1.807, 2.05) is 6.92 Å². The van der Waals surface area contributed by atoms with Gasteiger partial charge in [-0.25, -0.2) is 0 Å². The van der Waals surface area contributed by atoms with Gasteiger partial charge in [-0.2, -0.15) is 0 Å². The number of hydrogen-bond donors (Lipinski definition) is 2. The van der Waals surface area contributed by atoms with Crippen molar-refractivity contribution in [3.8, 4) is 0 Å². The van der Waals surface area contributed by atoms with Crippen molar-refractivity contribution in [3.63, 3.8) is 0 Å². The summed E-state index contributed by atoms with van der Waals surface area (Å²) in [7, 11) is 0. The van der Waals surface area contributed by atoms with Crippen LogP contribution in [0.25, 0.3) is 0 Å². The zero-order chi connectivity index (χ0) is 10.4. The summed E-state index contributed by atoms with van der Waals surface area (Å²) >= 11 is 0. The molecule has 0 unspecified atom stereocenters. The Labute approximate surface area is 82.9 Å². The predicted molar refractivity (Wildman–Crippen MR) is 52.1 cm³/mol. The molecule has 2 N–H and O–H groups in total. The normalized spacial score (nSPS) is 10.1. The van der Waals surface area contributed by atoms with E-state index in [9.17, 15) is 4.79 Å². The molecular formula is C10H15NO3. The summed E-state index contributed by atoms with van der Waals surface area (Å²) < 4.78 is 5.13. The van der Waals surface area contributed by atoms with Crippen LogP contribution >= 0.6 is 0 Å². The average Bonchev–Trinajstić information content (AvgIpc) is 2.65. The van der Waals surface area contributed by atoms with Crippen molar-refractivity contribution in [2.24, 2.45) is 0 Å². The smallest absolute Gasteiger partial charge is 0.254 e. The number of furan rings is 1. The molecule has 78 valence electrons. The molecular weight excluding hydrogens is 182 g/mol. The van der Waals surface area contributed by atoms with Gasteiger partial charge >= 0.3 is 0 Å². The van der Waals surface area contributed by atoms with Crippen molar-refractivity contribution in [1.29, 1.82) is 0 Å². The molecule has 0 aromatic carbocycles. The van der Waals surface area contributed by atoms with Crippen molar-refractivity contribution in [3.05, 3.63) is 23.7 Å². The number of hydrogen-bond acceptors (Lipinski definition) is 3. The molecule has 14 heavy (non-hydrogen) atoms. The first-order valence-corrected chi connectivity index (χ1v) is 4.75. The molecule has 0 saturated carbocycles. The van der Waals surface area contributed by atoms with Gasteiger partial charge in [0.2, 0.25) is 0 Å². The van der Waals surface area contributed by atoms with Crippen molar-refractivity contribution < 1.29 is 14.3 Å². The van der Waals surface area contributed by atoms with Crippen LogP contribution in [0.15, 0.2) is 16.7 Å². The average molecular weight is 197 g/mol. The highest BCUT2D eigenvalue weighted by atomic mass is 16.3. The number of carbonyl (C=O) groups is 1. The zero-order valence-corrected chi connectivity index (χ0v) is 8.25. The molecule has 0 fully saturated rings. The minimum atomic E-state index is -0.135. The molecule has 0 aliphatic heterocycles. The molecule has 0 spiro atoms. The number of aliphatic hydroxyl groups is 1.